The van der Waals surface area contributed by atoms with E-state index in [-0.39, 0.29) is 12.5 Å². The number of hydrogen-bond donors (Lipinski definition) is 2. The molecule has 2 heterocycles. The summed E-state index contributed by atoms with van der Waals surface area (Å²) in [6, 6.07) is 2.02. The van der Waals surface area contributed by atoms with Crippen LogP contribution in [0.1, 0.15) is 55.1 Å². The SMILES string of the molecule is C=C(C(=O)NCCCO)c1cn(Cc2cc(C)c(OCC3CC3)cn2)nc1/C=C\CC. The van der Waals surface area contributed by atoms with Gasteiger partial charge in [0.15, 0.2) is 0 Å². The Morgan fingerprint density at radius 1 is 1.45 bits per heavy atom. The highest BCUT2D eigenvalue weighted by Gasteiger charge is 2.22. The Hall–Kier alpha value is -2.93. The maximum atomic E-state index is 12.4. The minimum Gasteiger partial charge on any atom is -0.491 e. The zero-order chi connectivity index (χ0) is 22.2. The van der Waals surface area contributed by atoms with Crippen LogP contribution in [0.4, 0.5) is 0 Å². The number of aliphatic hydroxyl groups excluding tert-OH is 1. The predicted octanol–water partition coefficient (Wildman–Crippen LogP) is 3.36. The number of aliphatic hydroxyl groups is 1. The lowest BCUT2D eigenvalue weighted by molar-refractivity contribution is -0.115. The van der Waals surface area contributed by atoms with Gasteiger partial charge in [-0.15, -0.1) is 0 Å². The average molecular weight is 425 g/mol. The van der Waals surface area contributed by atoms with Crippen LogP contribution in [0.25, 0.3) is 11.6 Å². The molecule has 2 aromatic heterocycles. The van der Waals surface area contributed by atoms with Crippen molar-refractivity contribution >= 4 is 17.6 Å². The number of carbonyl (C=O) groups is 1. The normalized spacial score (nSPS) is 13.5. The average Bonchev–Trinajstić information content (AvgIpc) is 3.50. The van der Waals surface area contributed by atoms with Gasteiger partial charge in [-0.1, -0.05) is 19.6 Å². The molecule has 0 aromatic carbocycles. The van der Waals surface area contributed by atoms with E-state index in [0.29, 0.717) is 42.3 Å². The number of hydrogen-bond acceptors (Lipinski definition) is 5. The molecule has 166 valence electrons. The monoisotopic (exact) mass is 424 g/mol. The van der Waals surface area contributed by atoms with Crippen LogP contribution in [-0.4, -0.2) is 45.5 Å². The summed E-state index contributed by atoms with van der Waals surface area (Å²) < 4.78 is 7.65. The number of amides is 1. The first-order valence-corrected chi connectivity index (χ1v) is 10.9. The molecule has 0 atom stereocenters. The lowest BCUT2D eigenvalue weighted by atomic mass is 10.1. The summed E-state index contributed by atoms with van der Waals surface area (Å²) in [6.07, 6.45) is 11.4. The Labute approximate surface area is 183 Å². The topological polar surface area (TPSA) is 89.3 Å². The van der Waals surface area contributed by atoms with E-state index in [1.165, 1.54) is 12.8 Å². The van der Waals surface area contributed by atoms with E-state index in [0.717, 1.165) is 30.0 Å². The Kier molecular flexibility index (Phi) is 8.00. The van der Waals surface area contributed by atoms with Crippen molar-refractivity contribution in [1.82, 2.24) is 20.1 Å². The van der Waals surface area contributed by atoms with Gasteiger partial charge in [0, 0.05) is 30.5 Å². The van der Waals surface area contributed by atoms with Gasteiger partial charge >= 0.3 is 0 Å². The van der Waals surface area contributed by atoms with Crippen molar-refractivity contribution in [2.24, 2.45) is 5.92 Å². The summed E-state index contributed by atoms with van der Waals surface area (Å²) in [5, 5.41) is 16.3. The Balaban J connectivity index is 1.73. The van der Waals surface area contributed by atoms with Crippen LogP contribution in [0, 0.1) is 12.8 Å². The maximum Gasteiger partial charge on any atom is 0.251 e. The summed E-state index contributed by atoms with van der Waals surface area (Å²) in [5.74, 6) is 1.27. The van der Waals surface area contributed by atoms with E-state index in [1.807, 2.05) is 38.3 Å². The Morgan fingerprint density at radius 3 is 2.94 bits per heavy atom. The minimum atomic E-state index is -0.259. The van der Waals surface area contributed by atoms with Gasteiger partial charge < -0.3 is 15.2 Å². The van der Waals surface area contributed by atoms with Crippen molar-refractivity contribution in [3.05, 3.63) is 53.6 Å². The smallest absolute Gasteiger partial charge is 0.251 e. The van der Waals surface area contributed by atoms with Gasteiger partial charge in [-0.2, -0.15) is 5.10 Å². The summed E-state index contributed by atoms with van der Waals surface area (Å²) in [5.41, 5.74) is 3.66. The van der Waals surface area contributed by atoms with Crippen LogP contribution in [-0.2, 0) is 11.3 Å². The van der Waals surface area contributed by atoms with E-state index in [2.05, 4.69) is 22.0 Å². The summed E-state index contributed by atoms with van der Waals surface area (Å²) >= 11 is 0. The highest BCUT2D eigenvalue weighted by Crippen LogP contribution is 2.30. The Bertz CT molecular complexity index is 944. The fourth-order valence-corrected chi connectivity index (χ4v) is 3.11. The molecule has 1 aliphatic rings. The van der Waals surface area contributed by atoms with Crippen molar-refractivity contribution < 1.29 is 14.6 Å². The molecule has 0 bridgehead atoms. The second-order valence-corrected chi connectivity index (χ2v) is 7.94. The number of ether oxygens (including phenoxy) is 1. The van der Waals surface area contributed by atoms with Crippen molar-refractivity contribution in [3.63, 3.8) is 0 Å². The molecule has 3 rings (SSSR count). The number of aromatic nitrogens is 3. The number of allylic oxidation sites excluding steroid dienone is 1. The van der Waals surface area contributed by atoms with E-state index in [9.17, 15) is 4.79 Å². The molecular formula is C24H32N4O3. The molecule has 0 aliphatic heterocycles. The van der Waals surface area contributed by atoms with Crippen molar-refractivity contribution in [3.8, 4) is 5.75 Å². The largest absolute Gasteiger partial charge is 0.491 e. The van der Waals surface area contributed by atoms with Crippen LogP contribution in [0.2, 0.25) is 0 Å². The summed E-state index contributed by atoms with van der Waals surface area (Å²) in [7, 11) is 0. The van der Waals surface area contributed by atoms with Crippen molar-refractivity contribution in [1.29, 1.82) is 0 Å². The second kappa shape index (κ2) is 10.9. The van der Waals surface area contributed by atoms with Gasteiger partial charge in [-0.25, -0.2) is 0 Å². The number of nitrogens with one attached hydrogen (secondary N) is 1. The molecule has 0 unspecified atom stereocenters. The fourth-order valence-electron chi connectivity index (χ4n) is 3.11. The third-order valence-electron chi connectivity index (χ3n) is 5.14. The van der Waals surface area contributed by atoms with Crippen LogP contribution in [0.3, 0.4) is 0 Å². The number of nitrogens with zero attached hydrogens (tertiary/aromatic N) is 3. The van der Waals surface area contributed by atoms with Gasteiger partial charge in [-0.3, -0.25) is 14.5 Å². The predicted molar refractivity (Wildman–Crippen MR) is 122 cm³/mol. The fraction of sp³-hybridized carbons (Fsp3) is 0.458. The van der Waals surface area contributed by atoms with Gasteiger partial charge in [0.05, 0.1) is 30.7 Å². The molecule has 2 N–H and O–H groups in total. The number of pyridine rings is 1. The molecule has 7 nitrogen and oxygen atoms in total. The first-order chi connectivity index (χ1) is 15.0. The number of carbonyl (C=O) groups excluding carboxylic acids is 1. The van der Waals surface area contributed by atoms with E-state index in [1.54, 1.807) is 10.9 Å². The van der Waals surface area contributed by atoms with Crippen LogP contribution in [0.15, 0.2) is 31.1 Å². The van der Waals surface area contributed by atoms with E-state index in [4.69, 9.17) is 9.84 Å². The highest BCUT2D eigenvalue weighted by molar-refractivity contribution is 6.19. The standard InChI is InChI=1S/C24H32N4O3/c1-4-5-7-22-21(18(3)24(30)25-10-6-11-29)15-28(27-22)14-20-12-17(2)23(13-26-20)31-16-19-8-9-19/h5,7,12-13,15,19,29H,3-4,6,8-11,14,16H2,1-2H3,(H,25,30)/b7-5-. The lowest BCUT2D eigenvalue weighted by Crippen LogP contribution is -2.25. The van der Waals surface area contributed by atoms with E-state index < -0.39 is 0 Å². The summed E-state index contributed by atoms with van der Waals surface area (Å²) in [6.45, 7) is 9.72. The lowest BCUT2D eigenvalue weighted by Gasteiger charge is -2.09. The molecule has 1 saturated carbocycles. The van der Waals surface area contributed by atoms with Crippen molar-refractivity contribution in [2.75, 3.05) is 19.8 Å². The van der Waals surface area contributed by atoms with Crippen molar-refractivity contribution in [2.45, 2.75) is 46.1 Å². The molecule has 0 spiro atoms. The third-order valence-corrected chi connectivity index (χ3v) is 5.14. The quantitative estimate of drug-likeness (QED) is 0.403. The highest BCUT2D eigenvalue weighted by atomic mass is 16.5. The zero-order valence-corrected chi connectivity index (χ0v) is 18.4. The summed E-state index contributed by atoms with van der Waals surface area (Å²) in [4.78, 5) is 17.0. The second-order valence-electron chi connectivity index (χ2n) is 7.94. The minimum absolute atomic E-state index is 0.0337. The third kappa shape index (κ3) is 6.52. The van der Waals surface area contributed by atoms with Gasteiger partial charge in [0.1, 0.15) is 5.75 Å². The van der Waals surface area contributed by atoms with Crippen LogP contribution < -0.4 is 10.1 Å². The number of aryl methyl sites for hydroxylation is 1. The first-order valence-electron chi connectivity index (χ1n) is 10.9. The van der Waals surface area contributed by atoms with Crippen LogP contribution in [0.5, 0.6) is 5.75 Å². The van der Waals surface area contributed by atoms with Gasteiger partial charge in [0.2, 0.25) is 0 Å². The molecule has 7 heteroatoms. The molecule has 31 heavy (non-hydrogen) atoms. The van der Waals surface area contributed by atoms with E-state index >= 15 is 0 Å². The molecule has 0 radical (unpaired) electrons. The molecule has 2 aromatic rings. The molecule has 1 aliphatic carbocycles. The Morgan fingerprint density at radius 2 is 2.26 bits per heavy atom. The van der Waals surface area contributed by atoms with Gasteiger partial charge in [0.25, 0.3) is 5.91 Å². The molecule has 1 amide bonds. The molecule has 0 saturated heterocycles. The molecule has 1 fully saturated rings. The molecular weight excluding hydrogens is 392 g/mol. The zero-order valence-electron chi connectivity index (χ0n) is 18.4. The first kappa shape index (κ1) is 22.7. The number of rotatable bonds is 12. The van der Waals surface area contributed by atoms with Crippen LogP contribution >= 0.6 is 0 Å². The van der Waals surface area contributed by atoms with Gasteiger partial charge in [-0.05, 0) is 56.2 Å². The maximum absolute atomic E-state index is 12.4.